The predicted molar refractivity (Wildman–Crippen MR) is 108 cm³/mol. The maximum atomic E-state index is 12.7. The third kappa shape index (κ3) is 4.98. The Hall–Kier alpha value is -2.67. The highest BCUT2D eigenvalue weighted by Gasteiger charge is 2.26. The second-order valence-corrected chi connectivity index (χ2v) is 7.55. The lowest BCUT2D eigenvalue weighted by Crippen LogP contribution is -2.50. The summed E-state index contributed by atoms with van der Waals surface area (Å²) < 4.78 is 1.28. The fraction of sp³-hybridized carbons (Fsp3) is 0.476. The number of carbonyl (C=O) groups excluding carboxylic acids is 1. The van der Waals surface area contributed by atoms with Gasteiger partial charge in [0.05, 0.1) is 0 Å². The Balaban J connectivity index is 1.58. The van der Waals surface area contributed by atoms with E-state index in [-0.39, 0.29) is 12.5 Å². The van der Waals surface area contributed by atoms with E-state index < -0.39 is 11.2 Å². The van der Waals surface area contributed by atoms with Crippen LogP contribution in [0.1, 0.15) is 24.0 Å². The Morgan fingerprint density at radius 2 is 2.00 bits per heavy atom. The number of benzene rings is 1. The Bertz CT molecular complexity index is 919. The van der Waals surface area contributed by atoms with Crippen molar-refractivity contribution < 1.29 is 4.79 Å². The van der Waals surface area contributed by atoms with Crippen molar-refractivity contribution in [1.82, 2.24) is 19.4 Å². The van der Waals surface area contributed by atoms with Gasteiger partial charge in [-0.3, -0.25) is 19.1 Å². The minimum Gasteiger partial charge on any atom is -0.340 e. The van der Waals surface area contributed by atoms with Gasteiger partial charge in [0.1, 0.15) is 6.54 Å². The van der Waals surface area contributed by atoms with Gasteiger partial charge in [-0.05, 0) is 38.8 Å². The summed E-state index contributed by atoms with van der Waals surface area (Å²) in [6.45, 7) is 3.89. The lowest BCUT2D eigenvalue weighted by atomic mass is 10.0. The fourth-order valence-corrected chi connectivity index (χ4v) is 3.66. The molecule has 0 radical (unpaired) electrons. The molecule has 28 heavy (non-hydrogen) atoms. The molecule has 1 saturated heterocycles. The molecular formula is C21H28N4O3. The number of hydrogen-bond acceptors (Lipinski definition) is 4. The molecule has 1 amide bonds. The molecule has 0 aliphatic carbocycles. The highest BCUT2D eigenvalue weighted by Crippen LogP contribution is 2.16. The van der Waals surface area contributed by atoms with Crippen LogP contribution in [0.5, 0.6) is 0 Å². The van der Waals surface area contributed by atoms with Gasteiger partial charge in [-0.15, -0.1) is 0 Å². The number of hydrogen-bond donors (Lipinski definition) is 1. The van der Waals surface area contributed by atoms with Gasteiger partial charge in [0.2, 0.25) is 5.91 Å². The first-order chi connectivity index (χ1) is 13.4. The highest BCUT2D eigenvalue weighted by molar-refractivity contribution is 5.76. The van der Waals surface area contributed by atoms with Gasteiger partial charge in [0.15, 0.2) is 0 Å². The smallest absolute Gasteiger partial charge is 0.328 e. The first kappa shape index (κ1) is 20.1. The topological polar surface area (TPSA) is 78.4 Å². The number of piperidine rings is 1. The van der Waals surface area contributed by atoms with E-state index in [2.05, 4.69) is 41.2 Å². The number of nitrogens with zero attached hydrogens (tertiary/aromatic N) is 3. The quantitative estimate of drug-likeness (QED) is 0.806. The van der Waals surface area contributed by atoms with Crippen molar-refractivity contribution in [3.63, 3.8) is 0 Å². The first-order valence-corrected chi connectivity index (χ1v) is 9.76. The van der Waals surface area contributed by atoms with Crippen LogP contribution in [0.25, 0.3) is 0 Å². The molecule has 1 aliphatic heterocycles. The summed E-state index contributed by atoms with van der Waals surface area (Å²) in [5.41, 5.74) is 0.778. The van der Waals surface area contributed by atoms with Crippen molar-refractivity contribution in [3.05, 3.63) is 68.5 Å². The molecule has 1 N–H and O–H groups in total. The van der Waals surface area contributed by atoms with Crippen LogP contribution < -0.4 is 11.2 Å². The van der Waals surface area contributed by atoms with Gasteiger partial charge in [0.25, 0.3) is 5.56 Å². The number of amides is 1. The van der Waals surface area contributed by atoms with Crippen LogP contribution in [-0.2, 0) is 17.8 Å². The maximum Gasteiger partial charge on any atom is 0.328 e. The largest absolute Gasteiger partial charge is 0.340 e. The van der Waals surface area contributed by atoms with E-state index in [1.54, 1.807) is 6.92 Å². The normalized spacial score (nSPS) is 17.1. The molecule has 1 atom stereocenters. The molecule has 1 aromatic carbocycles. The molecule has 2 heterocycles. The summed E-state index contributed by atoms with van der Waals surface area (Å²) in [6.07, 6.45) is 4.44. The molecule has 1 fully saturated rings. The average Bonchev–Trinajstić information content (AvgIpc) is 2.71. The Labute approximate surface area is 164 Å². The van der Waals surface area contributed by atoms with Gasteiger partial charge >= 0.3 is 5.69 Å². The van der Waals surface area contributed by atoms with Crippen LogP contribution in [0.4, 0.5) is 0 Å². The summed E-state index contributed by atoms with van der Waals surface area (Å²) in [5, 5.41) is 0. The second kappa shape index (κ2) is 9.01. The number of aromatic amines is 1. The van der Waals surface area contributed by atoms with E-state index in [9.17, 15) is 14.4 Å². The van der Waals surface area contributed by atoms with Crippen molar-refractivity contribution in [2.24, 2.45) is 0 Å². The SMILES string of the molecule is Cc1cn(CC(=O)N2CCC[C@@H](N(C)CCc3ccccc3)C2)c(=O)[nH]c1=O. The molecule has 1 aromatic heterocycles. The predicted octanol–water partition coefficient (Wildman–Crippen LogP) is 1.01. The number of rotatable bonds is 6. The molecule has 0 spiro atoms. The van der Waals surface area contributed by atoms with Crippen molar-refractivity contribution in [3.8, 4) is 0 Å². The molecule has 1 aliphatic rings. The Morgan fingerprint density at radius 3 is 2.75 bits per heavy atom. The van der Waals surface area contributed by atoms with Crippen molar-refractivity contribution >= 4 is 5.91 Å². The van der Waals surface area contributed by atoms with Gasteiger partial charge in [0, 0.05) is 37.4 Å². The van der Waals surface area contributed by atoms with Crippen molar-refractivity contribution in [1.29, 1.82) is 0 Å². The second-order valence-electron chi connectivity index (χ2n) is 7.55. The molecule has 0 saturated carbocycles. The third-order valence-corrected chi connectivity index (χ3v) is 5.46. The van der Waals surface area contributed by atoms with Crippen LogP contribution in [0.2, 0.25) is 0 Å². The maximum absolute atomic E-state index is 12.7. The van der Waals surface area contributed by atoms with Crippen LogP contribution in [-0.4, -0.2) is 58.0 Å². The van der Waals surface area contributed by atoms with Crippen LogP contribution in [0.3, 0.4) is 0 Å². The molecule has 7 nitrogen and oxygen atoms in total. The number of nitrogens with one attached hydrogen (secondary N) is 1. The Morgan fingerprint density at radius 1 is 1.25 bits per heavy atom. The minimum atomic E-state index is -0.544. The van der Waals surface area contributed by atoms with Crippen LogP contribution in [0, 0.1) is 6.92 Å². The van der Waals surface area contributed by atoms with Crippen LogP contribution in [0.15, 0.2) is 46.1 Å². The molecule has 3 rings (SSSR count). The number of H-pyrrole nitrogens is 1. The van der Waals surface area contributed by atoms with E-state index in [4.69, 9.17) is 0 Å². The summed E-state index contributed by atoms with van der Waals surface area (Å²) in [7, 11) is 2.11. The van der Waals surface area contributed by atoms with E-state index in [0.717, 1.165) is 25.8 Å². The molecule has 7 heteroatoms. The molecule has 2 aromatic rings. The number of likely N-dealkylation sites (tertiary alicyclic amines) is 1. The first-order valence-electron chi connectivity index (χ1n) is 9.76. The molecule has 0 unspecified atom stereocenters. The highest BCUT2D eigenvalue weighted by atomic mass is 16.2. The Kier molecular flexibility index (Phi) is 6.46. The summed E-state index contributed by atoms with van der Waals surface area (Å²) in [5.74, 6) is -0.0882. The fourth-order valence-electron chi connectivity index (χ4n) is 3.66. The van der Waals surface area contributed by atoms with E-state index in [1.165, 1.54) is 16.3 Å². The van der Waals surface area contributed by atoms with Gasteiger partial charge in [-0.2, -0.15) is 0 Å². The lowest BCUT2D eigenvalue weighted by molar-refractivity contribution is -0.134. The van der Waals surface area contributed by atoms with E-state index in [1.807, 2.05) is 11.0 Å². The number of likely N-dealkylation sites (N-methyl/N-ethyl adjacent to an activating group) is 1. The number of carbonyl (C=O) groups is 1. The summed E-state index contributed by atoms with van der Waals surface area (Å²) in [4.78, 5) is 42.5. The summed E-state index contributed by atoms with van der Waals surface area (Å²) >= 11 is 0. The zero-order chi connectivity index (χ0) is 20.1. The summed E-state index contributed by atoms with van der Waals surface area (Å²) in [6, 6.07) is 10.7. The lowest BCUT2D eigenvalue weighted by Gasteiger charge is -2.37. The van der Waals surface area contributed by atoms with Crippen molar-refractivity contribution in [2.75, 3.05) is 26.7 Å². The molecule has 150 valence electrons. The van der Waals surface area contributed by atoms with E-state index >= 15 is 0 Å². The average molecular weight is 384 g/mol. The monoisotopic (exact) mass is 384 g/mol. The zero-order valence-corrected chi connectivity index (χ0v) is 16.6. The van der Waals surface area contributed by atoms with E-state index in [0.29, 0.717) is 24.7 Å². The molecule has 0 bridgehead atoms. The van der Waals surface area contributed by atoms with Gasteiger partial charge in [-0.1, -0.05) is 30.3 Å². The van der Waals surface area contributed by atoms with Crippen molar-refractivity contribution in [2.45, 2.75) is 38.8 Å². The van der Waals surface area contributed by atoms with Gasteiger partial charge < -0.3 is 9.80 Å². The zero-order valence-electron chi connectivity index (χ0n) is 16.6. The minimum absolute atomic E-state index is 0.0447. The molecular weight excluding hydrogens is 356 g/mol. The standard InChI is InChI=1S/C21H28N4O3/c1-16-13-25(21(28)22-20(16)27)15-19(26)24-11-6-9-18(14-24)23(2)12-10-17-7-4-3-5-8-17/h3-5,7-8,13,18H,6,9-12,14-15H2,1-2H3,(H,22,27,28)/t18-/m1/s1. The third-order valence-electron chi connectivity index (χ3n) is 5.46. The number of aryl methyl sites for hydroxylation is 1. The van der Waals surface area contributed by atoms with Gasteiger partial charge in [-0.25, -0.2) is 4.79 Å². The van der Waals surface area contributed by atoms with Crippen LogP contribution >= 0.6 is 0 Å². The number of aromatic nitrogens is 2.